The van der Waals surface area contributed by atoms with Crippen molar-refractivity contribution in [2.75, 3.05) is 26.3 Å². The number of ether oxygens (including phenoxy) is 1. The van der Waals surface area contributed by atoms with E-state index < -0.39 is 0 Å². The summed E-state index contributed by atoms with van der Waals surface area (Å²) in [5, 5.41) is 0. The van der Waals surface area contributed by atoms with Crippen LogP contribution in [0.2, 0.25) is 0 Å². The number of likely N-dealkylation sites (tertiary alicyclic amines) is 1. The molecule has 0 aromatic rings. The maximum atomic E-state index is 11.3. The van der Waals surface area contributed by atoms with Crippen molar-refractivity contribution in [1.29, 1.82) is 0 Å². The molecule has 1 saturated heterocycles. The van der Waals surface area contributed by atoms with E-state index in [1.54, 1.807) is 0 Å². The quantitative estimate of drug-likeness (QED) is 0.538. The number of halogens is 1. The summed E-state index contributed by atoms with van der Waals surface area (Å²) in [4.78, 5) is 13.2. The van der Waals surface area contributed by atoms with Gasteiger partial charge in [0.2, 0.25) is 5.91 Å². The third kappa shape index (κ3) is 2.45. The molecular formula is C8H14BrNO2. The van der Waals surface area contributed by atoms with Gasteiger partial charge in [0.25, 0.3) is 0 Å². The maximum absolute atomic E-state index is 11.3. The molecule has 1 fully saturated rings. The molecule has 1 unspecified atom stereocenters. The van der Waals surface area contributed by atoms with Gasteiger partial charge in [0.15, 0.2) is 0 Å². The number of hydrogen-bond acceptors (Lipinski definition) is 2. The lowest BCUT2D eigenvalue weighted by atomic mass is 10.4. The van der Waals surface area contributed by atoms with Crippen molar-refractivity contribution in [2.24, 2.45) is 0 Å². The number of hydrogen-bond donors (Lipinski definition) is 0. The second kappa shape index (κ2) is 4.82. The summed E-state index contributed by atoms with van der Waals surface area (Å²) >= 11 is 3.32. The minimum absolute atomic E-state index is 0.0409. The highest BCUT2D eigenvalue weighted by molar-refractivity contribution is 9.10. The van der Waals surface area contributed by atoms with Crippen molar-refractivity contribution < 1.29 is 9.53 Å². The van der Waals surface area contributed by atoms with E-state index in [0.29, 0.717) is 6.61 Å². The van der Waals surface area contributed by atoms with Crippen molar-refractivity contribution in [3.63, 3.8) is 0 Å². The van der Waals surface area contributed by atoms with Crippen LogP contribution in [0.25, 0.3) is 0 Å². The predicted octanol–water partition coefficient (Wildman–Crippen LogP) is 1.02. The first-order chi connectivity index (χ1) is 5.75. The van der Waals surface area contributed by atoms with Crippen LogP contribution in [-0.4, -0.2) is 41.9 Å². The second-order valence-corrected chi connectivity index (χ2v) is 3.88. The highest BCUT2D eigenvalue weighted by Crippen LogP contribution is 2.17. The monoisotopic (exact) mass is 235 g/mol. The summed E-state index contributed by atoms with van der Waals surface area (Å²) in [7, 11) is 0. The van der Waals surface area contributed by atoms with Crippen molar-refractivity contribution in [3.05, 3.63) is 0 Å². The standard InChI is InChI=1S/C8H14BrNO2/c1-2-12-6-5-10-4-3-7(9)8(10)11/h7H,2-6H2,1H3. The molecule has 0 radical (unpaired) electrons. The van der Waals surface area contributed by atoms with Crippen LogP contribution < -0.4 is 0 Å². The van der Waals surface area contributed by atoms with Gasteiger partial charge in [-0.05, 0) is 13.3 Å². The minimum Gasteiger partial charge on any atom is -0.380 e. The average molecular weight is 236 g/mol. The van der Waals surface area contributed by atoms with Gasteiger partial charge in [-0.15, -0.1) is 0 Å². The molecule has 12 heavy (non-hydrogen) atoms. The zero-order chi connectivity index (χ0) is 8.97. The molecule has 0 saturated carbocycles. The molecule has 70 valence electrons. The van der Waals surface area contributed by atoms with Crippen LogP contribution >= 0.6 is 15.9 Å². The zero-order valence-electron chi connectivity index (χ0n) is 7.25. The van der Waals surface area contributed by atoms with Crippen LogP contribution in [0.4, 0.5) is 0 Å². The van der Waals surface area contributed by atoms with E-state index in [0.717, 1.165) is 26.1 Å². The van der Waals surface area contributed by atoms with Crippen LogP contribution in [-0.2, 0) is 9.53 Å². The van der Waals surface area contributed by atoms with Gasteiger partial charge < -0.3 is 9.64 Å². The maximum Gasteiger partial charge on any atom is 0.236 e. The molecule has 1 amide bonds. The number of carbonyl (C=O) groups excluding carboxylic acids is 1. The van der Waals surface area contributed by atoms with Gasteiger partial charge in [-0.3, -0.25) is 4.79 Å². The molecule has 0 aliphatic carbocycles. The van der Waals surface area contributed by atoms with Crippen LogP contribution in [0, 0.1) is 0 Å². The Hall–Kier alpha value is -0.0900. The fraction of sp³-hybridized carbons (Fsp3) is 0.875. The molecule has 3 nitrogen and oxygen atoms in total. The van der Waals surface area contributed by atoms with Crippen molar-refractivity contribution in [1.82, 2.24) is 4.90 Å². The van der Waals surface area contributed by atoms with Crippen molar-refractivity contribution in [3.8, 4) is 0 Å². The Morgan fingerprint density at radius 1 is 1.75 bits per heavy atom. The lowest BCUT2D eigenvalue weighted by Crippen LogP contribution is -2.30. The highest BCUT2D eigenvalue weighted by atomic mass is 79.9. The summed E-state index contributed by atoms with van der Waals surface area (Å²) in [5.74, 6) is 0.203. The first-order valence-corrected chi connectivity index (χ1v) is 5.18. The van der Waals surface area contributed by atoms with E-state index in [-0.39, 0.29) is 10.7 Å². The summed E-state index contributed by atoms with van der Waals surface area (Å²) in [6, 6.07) is 0. The number of alkyl halides is 1. The van der Waals surface area contributed by atoms with Crippen LogP contribution in [0.5, 0.6) is 0 Å². The first kappa shape index (κ1) is 9.99. The molecule has 4 heteroatoms. The largest absolute Gasteiger partial charge is 0.380 e. The summed E-state index contributed by atoms with van der Waals surface area (Å²) in [6.45, 7) is 4.93. The molecule has 0 N–H and O–H groups in total. The van der Waals surface area contributed by atoms with Gasteiger partial charge in [0.05, 0.1) is 11.4 Å². The Labute approximate surface area is 81.2 Å². The Bertz CT molecular complexity index is 163. The lowest BCUT2D eigenvalue weighted by molar-refractivity contribution is -0.127. The molecule has 1 aliphatic rings. The Morgan fingerprint density at radius 3 is 3.00 bits per heavy atom. The third-order valence-corrected chi connectivity index (χ3v) is 2.79. The summed E-state index contributed by atoms with van der Waals surface area (Å²) in [6.07, 6.45) is 0.922. The SMILES string of the molecule is CCOCCN1CCC(Br)C1=O. The van der Waals surface area contributed by atoms with Gasteiger partial charge in [-0.2, -0.15) is 0 Å². The average Bonchev–Trinajstić information content (AvgIpc) is 2.36. The molecule has 0 aromatic carbocycles. The Morgan fingerprint density at radius 2 is 2.50 bits per heavy atom. The molecular weight excluding hydrogens is 222 g/mol. The van der Waals surface area contributed by atoms with Crippen LogP contribution in [0.3, 0.4) is 0 Å². The van der Waals surface area contributed by atoms with E-state index in [9.17, 15) is 4.79 Å². The van der Waals surface area contributed by atoms with E-state index in [1.807, 2.05) is 11.8 Å². The van der Waals surface area contributed by atoms with E-state index >= 15 is 0 Å². The zero-order valence-corrected chi connectivity index (χ0v) is 8.84. The van der Waals surface area contributed by atoms with E-state index in [2.05, 4.69) is 15.9 Å². The smallest absolute Gasteiger partial charge is 0.236 e. The topological polar surface area (TPSA) is 29.5 Å². The summed E-state index contributed by atoms with van der Waals surface area (Å²) < 4.78 is 5.17. The normalized spacial score (nSPS) is 23.7. The minimum atomic E-state index is 0.0409. The second-order valence-electron chi connectivity index (χ2n) is 2.78. The van der Waals surface area contributed by atoms with Crippen molar-refractivity contribution >= 4 is 21.8 Å². The number of carbonyl (C=O) groups is 1. The Kier molecular flexibility index (Phi) is 4.01. The van der Waals surface area contributed by atoms with Crippen LogP contribution in [0.15, 0.2) is 0 Å². The van der Waals surface area contributed by atoms with Crippen molar-refractivity contribution in [2.45, 2.75) is 18.2 Å². The number of nitrogens with zero attached hydrogens (tertiary/aromatic N) is 1. The molecule has 0 bridgehead atoms. The van der Waals surface area contributed by atoms with Gasteiger partial charge in [0.1, 0.15) is 0 Å². The molecule has 0 aromatic heterocycles. The van der Waals surface area contributed by atoms with Gasteiger partial charge in [-0.25, -0.2) is 0 Å². The Balaban J connectivity index is 2.20. The predicted molar refractivity (Wildman–Crippen MR) is 50.4 cm³/mol. The van der Waals surface area contributed by atoms with E-state index in [4.69, 9.17) is 4.74 Å². The molecule has 1 aliphatic heterocycles. The third-order valence-electron chi connectivity index (χ3n) is 1.94. The van der Waals surface area contributed by atoms with Gasteiger partial charge >= 0.3 is 0 Å². The van der Waals surface area contributed by atoms with E-state index in [1.165, 1.54) is 0 Å². The lowest BCUT2D eigenvalue weighted by Gasteiger charge is -2.14. The first-order valence-electron chi connectivity index (χ1n) is 4.26. The van der Waals surface area contributed by atoms with Crippen LogP contribution in [0.1, 0.15) is 13.3 Å². The van der Waals surface area contributed by atoms with Gasteiger partial charge in [-0.1, -0.05) is 15.9 Å². The van der Waals surface area contributed by atoms with Gasteiger partial charge in [0, 0.05) is 19.7 Å². The molecule has 1 heterocycles. The molecule has 1 rings (SSSR count). The highest BCUT2D eigenvalue weighted by Gasteiger charge is 2.28. The molecule has 1 atom stereocenters. The number of amides is 1. The fourth-order valence-electron chi connectivity index (χ4n) is 1.24. The number of rotatable bonds is 4. The molecule has 0 spiro atoms. The fourth-order valence-corrected chi connectivity index (χ4v) is 1.74. The summed E-state index contributed by atoms with van der Waals surface area (Å²) in [5.41, 5.74) is 0.